The van der Waals surface area contributed by atoms with Crippen LogP contribution in [0.5, 0.6) is 0 Å². The quantitative estimate of drug-likeness (QED) is 0.576. The first-order valence-corrected chi connectivity index (χ1v) is 3.53. The third-order valence-electron chi connectivity index (χ3n) is 1.66. The van der Waals surface area contributed by atoms with E-state index < -0.39 is 0 Å². The van der Waals surface area contributed by atoms with Crippen LogP contribution in [0.3, 0.4) is 0 Å². The summed E-state index contributed by atoms with van der Waals surface area (Å²) in [7, 11) is 0. The molecular formula is C10H11F. The van der Waals surface area contributed by atoms with E-state index in [4.69, 9.17) is 0 Å². The van der Waals surface area contributed by atoms with Gasteiger partial charge in [0.1, 0.15) is 5.82 Å². The van der Waals surface area contributed by atoms with E-state index in [9.17, 15) is 4.39 Å². The third-order valence-corrected chi connectivity index (χ3v) is 1.66. The van der Waals surface area contributed by atoms with Gasteiger partial charge in [-0.3, -0.25) is 0 Å². The molecule has 0 nitrogen and oxygen atoms in total. The molecule has 0 aromatic heterocycles. The first-order valence-electron chi connectivity index (χ1n) is 3.53. The van der Waals surface area contributed by atoms with E-state index in [1.165, 1.54) is 6.07 Å². The van der Waals surface area contributed by atoms with Gasteiger partial charge >= 0.3 is 0 Å². The molecule has 11 heavy (non-hydrogen) atoms. The summed E-state index contributed by atoms with van der Waals surface area (Å²) < 4.78 is 12.9. The zero-order valence-electron chi connectivity index (χ0n) is 6.82. The van der Waals surface area contributed by atoms with Crippen molar-refractivity contribution in [2.75, 3.05) is 0 Å². The molecule has 0 atom stereocenters. The van der Waals surface area contributed by atoms with Gasteiger partial charge in [0.15, 0.2) is 0 Å². The van der Waals surface area contributed by atoms with Crippen LogP contribution in [0.25, 0.3) is 5.57 Å². The fourth-order valence-electron chi connectivity index (χ4n) is 0.858. The molecule has 1 aromatic carbocycles. The molecule has 0 bridgehead atoms. The summed E-state index contributed by atoms with van der Waals surface area (Å²) in [6.07, 6.45) is 0. The lowest BCUT2D eigenvalue weighted by molar-refractivity contribution is 0.618. The van der Waals surface area contributed by atoms with Gasteiger partial charge in [-0.15, -0.1) is 0 Å². The number of rotatable bonds is 1. The second kappa shape index (κ2) is 2.87. The lowest BCUT2D eigenvalue weighted by Crippen LogP contribution is -1.84. The van der Waals surface area contributed by atoms with Gasteiger partial charge in [-0.25, -0.2) is 4.39 Å². The van der Waals surface area contributed by atoms with Crippen LogP contribution >= 0.6 is 0 Å². The molecule has 0 aliphatic rings. The fraction of sp³-hybridized carbons (Fsp3) is 0.200. The highest BCUT2D eigenvalue weighted by Crippen LogP contribution is 2.14. The summed E-state index contributed by atoms with van der Waals surface area (Å²) in [6, 6.07) is 5.15. The summed E-state index contributed by atoms with van der Waals surface area (Å²) >= 11 is 0. The van der Waals surface area contributed by atoms with Gasteiger partial charge in [-0.1, -0.05) is 24.3 Å². The Morgan fingerprint density at radius 2 is 2.09 bits per heavy atom. The predicted molar refractivity (Wildman–Crippen MR) is 45.8 cm³/mol. The molecule has 0 saturated heterocycles. The van der Waals surface area contributed by atoms with E-state index in [-0.39, 0.29) is 5.82 Å². The Balaban J connectivity index is 3.15. The Morgan fingerprint density at radius 3 is 2.55 bits per heavy atom. The van der Waals surface area contributed by atoms with Crippen LogP contribution < -0.4 is 0 Å². The zero-order chi connectivity index (χ0) is 8.43. The molecule has 0 radical (unpaired) electrons. The van der Waals surface area contributed by atoms with Gasteiger partial charge in [0.25, 0.3) is 0 Å². The maximum Gasteiger partial charge on any atom is 0.126 e. The van der Waals surface area contributed by atoms with Gasteiger partial charge in [-0.05, 0) is 31.0 Å². The van der Waals surface area contributed by atoms with Crippen LogP contribution in [-0.4, -0.2) is 0 Å². The fourth-order valence-corrected chi connectivity index (χ4v) is 0.858. The van der Waals surface area contributed by atoms with Crippen molar-refractivity contribution in [1.82, 2.24) is 0 Å². The molecular weight excluding hydrogens is 139 g/mol. The van der Waals surface area contributed by atoms with Gasteiger partial charge in [0.2, 0.25) is 0 Å². The van der Waals surface area contributed by atoms with Crippen molar-refractivity contribution in [3.63, 3.8) is 0 Å². The van der Waals surface area contributed by atoms with Crippen molar-refractivity contribution in [3.05, 3.63) is 41.7 Å². The summed E-state index contributed by atoms with van der Waals surface area (Å²) in [4.78, 5) is 0. The number of benzene rings is 1. The van der Waals surface area contributed by atoms with Crippen molar-refractivity contribution in [2.24, 2.45) is 0 Å². The van der Waals surface area contributed by atoms with Crippen molar-refractivity contribution in [3.8, 4) is 0 Å². The van der Waals surface area contributed by atoms with Gasteiger partial charge in [0, 0.05) is 0 Å². The maximum atomic E-state index is 12.9. The lowest BCUT2D eigenvalue weighted by Gasteiger charge is -2.00. The number of halogens is 1. The molecule has 1 heteroatoms. The topological polar surface area (TPSA) is 0 Å². The summed E-state index contributed by atoms with van der Waals surface area (Å²) in [6.45, 7) is 7.34. The summed E-state index contributed by atoms with van der Waals surface area (Å²) in [5.74, 6) is -0.162. The standard InChI is InChI=1S/C10H11F/c1-7(2)9-5-4-8(3)10(11)6-9/h4-6H,1H2,2-3H3. The van der Waals surface area contributed by atoms with Crippen LogP contribution in [0.1, 0.15) is 18.1 Å². The molecule has 0 N–H and O–H groups in total. The molecule has 0 amide bonds. The highest BCUT2D eigenvalue weighted by Gasteiger charge is 1.98. The molecule has 0 aliphatic heterocycles. The highest BCUT2D eigenvalue weighted by molar-refractivity contribution is 5.61. The number of aryl methyl sites for hydroxylation is 1. The molecule has 0 saturated carbocycles. The molecule has 1 aromatic rings. The molecule has 0 aliphatic carbocycles. The van der Waals surface area contributed by atoms with E-state index in [2.05, 4.69) is 6.58 Å². The van der Waals surface area contributed by atoms with Crippen LogP contribution in [0.2, 0.25) is 0 Å². The van der Waals surface area contributed by atoms with Gasteiger partial charge < -0.3 is 0 Å². The van der Waals surface area contributed by atoms with Crippen molar-refractivity contribution >= 4 is 5.57 Å². The van der Waals surface area contributed by atoms with Crippen LogP contribution in [0.15, 0.2) is 24.8 Å². The van der Waals surface area contributed by atoms with E-state index >= 15 is 0 Å². The lowest BCUT2D eigenvalue weighted by atomic mass is 10.1. The zero-order valence-corrected chi connectivity index (χ0v) is 6.82. The molecule has 58 valence electrons. The molecule has 0 unspecified atom stereocenters. The maximum absolute atomic E-state index is 12.9. The minimum Gasteiger partial charge on any atom is -0.207 e. The van der Waals surface area contributed by atoms with Crippen LogP contribution in [0, 0.1) is 12.7 Å². The van der Waals surface area contributed by atoms with E-state index in [1.807, 2.05) is 13.0 Å². The van der Waals surface area contributed by atoms with Crippen LogP contribution in [0.4, 0.5) is 4.39 Å². The SMILES string of the molecule is C=C(C)c1ccc(C)c(F)c1. The Bertz CT molecular complexity index is 287. The van der Waals surface area contributed by atoms with Crippen molar-refractivity contribution in [1.29, 1.82) is 0 Å². The monoisotopic (exact) mass is 150 g/mol. The molecule has 1 rings (SSSR count). The molecule has 0 spiro atoms. The minimum absolute atomic E-state index is 0.162. The summed E-state index contributed by atoms with van der Waals surface area (Å²) in [5, 5.41) is 0. The summed E-state index contributed by atoms with van der Waals surface area (Å²) in [5.41, 5.74) is 2.44. The minimum atomic E-state index is -0.162. The highest BCUT2D eigenvalue weighted by atomic mass is 19.1. The third kappa shape index (κ3) is 1.67. The Kier molecular flexibility index (Phi) is 2.08. The predicted octanol–water partition coefficient (Wildman–Crippen LogP) is 3.17. The Hall–Kier alpha value is -1.11. The second-order valence-electron chi connectivity index (χ2n) is 2.74. The Labute approximate surface area is 66.4 Å². The normalized spacial score (nSPS) is 9.73. The van der Waals surface area contributed by atoms with E-state index in [1.54, 1.807) is 13.0 Å². The second-order valence-corrected chi connectivity index (χ2v) is 2.74. The van der Waals surface area contributed by atoms with Crippen molar-refractivity contribution < 1.29 is 4.39 Å². The molecule has 0 fully saturated rings. The average Bonchev–Trinajstić information content (AvgIpc) is 1.94. The van der Waals surface area contributed by atoms with E-state index in [0.29, 0.717) is 5.56 Å². The van der Waals surface area contributed by atoms with Crippen LogP contribution in [-0.2, 0) is 0 Å². The smallest absolute Gasteiger partial charge is 0.126 e. The first kappa shape index (κ1) is 7.99. The number of allylic oxidation sites excluding steroid dienone is 1. The first-order chi connectivity index (χ1) is 5.11. The Morgan fingerprint density at radius 1 is 1.45 bits per heavy atom. The van der Waals surface area contributed by atoms with E-state index in [0.717, 1.165) is 11.1 Å². The van der Waals surface area contributed by atoms with Gasteiger partial charge in [-0.2, -0.15) is 0 Å². The number of hydrogen-bond donors (Lipinski definition) is 0. The van der Waals surface area contributed by atoms with Gasteiger partial charge in [0.05, 0.1) is 0 Å². The largest absolute Gasteiger partial charge is 0.207 e. The number of hydrogen-bond acceptors (Lipinski definition) is 0. The average molecular weight is 150 g/mol. The molecule has 0 heterocycles. The van der Waals surface area contributed by atoms with Crippen molar-refractivity contribution in [2.45, 2.75) is 13.8 Å².